The van der Waals surface area contributed by atoms with Gasteiger partial charge in [0.25, 0.3) is 0 Å². The van der Waals surface area contributed by atoms with Crippen molar-refractivity contribution in [1.82, 2.24) is 0 Å². The van der Waals surface area contributed by atoms with Crippen molar-refractivity contribution in [2.24, 2.45) is 0 Å². The molecular formula is C17H13ClF4O3. The summed E-state index contributed by atoms with van der Waals surface area (Å²) in [6.07, 6.45) is -3.80. The molecule has 2 aromatic carbocycles. The van der Waals surface area contributed by atoms with Gasteiger partial charge in [-0.1, -0.05) is 35.9 Å². The summed E-state index contributed by atoms with van der Waals surface area (Å²) in [5.41, 5.74) is 0.500. The van der Waals surface area contributed by atoms with E-state index in [0.717, 1.165) is 0 Å². The average Bonchev–Trinajstić information content (AvgIpc) is 2.57. The molecule has 0 saturated carbocycles. The van der Waals surface area contributed by atoms with Crippen molar-refractivity contribution in [2.75, 3.05) is 6.61 Å². The van der Waals surface area contributed by atoms with Gasteiger partial charge in [0.15, 0.2) is 0 Å². The van der Waals surface area contributed by atoms with Gasteiger partial charge in [-0.05, 0) is 29.8 Å². The van der Waals surface area contributed by atoms with E-state index in [1.807, 2.05) is 0 Å². The second kappa shape index (κ2) is 8.31. The van der Waals surface area contributed by atoms with Crippen LogP contribution >= 0.6 is 11.6 Å². The van der Waals surface area contributed by atoms with E-state index in [0.29, 0.717) is 5.56 Å². The fourth-order valence-electron chi connectivity index (χ4n) is 1.84. The number of rotatable bonds is 7. The minimum atomic E-state index is -4.22. The highest BCUT2D eigenvalue weighted by molar-refractivity contribution is 6.32. The topological polar surface area (TPSA) is 35.5 Å². The van der Waals surface area contributed by atoms with Crippen LogP contribution in [0.15, 0.2) is 48.5 Å². The molecule has 0 unspecified atom stereocenters. The Morgan fingerprint density at radius 3 is 2.52 bits per heavy atom. The number of benzene rings is 2. The number of hydrogen-bond acceptors (Lipinski definition) is 3. The highest BCUT2D eigenvalue weighted by atomic mass is 35.5. The Kier molecular flexibility index (Phi) is 6.39. The summed E-state index contributed by atoms with van der Waals surface area (Å²) < 4.78 is 59.4. The summed E-state index contributed by atoms with van der Waals surface area (Å²) in [6, 6.07) is 12.2. The van der Waals surface area contributed by atoms with Gasteiger partial charge in [-0.15, -0.1) is 0 Å². The van der Waals surface area contributed by atoms with E-state index >= 15 is 0 Å². The Balaban J connectivity index is 1.99. The van der Waals surface area contributed by atoms with E-state index in [9.17, 15) is 22.4 Å². The standard InChI is InChI=1S/C17H13ClF4O3/c18-13-6-1-2-7-14(13)25-15(23)12-5-3-4-11(8-12)9-24-10-17(21,22)16(19)20/h1-8,16H,9-10H2. The van der Waals surface area contributed by atoms with E-state index in [2.05, 4.69) is 4.74 Å². The first-order valence-electron chi connectivity index (χ1n) is 7.09. The minimum Gasteiger partial charge on any atom is -0.421 e. The van der Waals surface area contributed by atoms with Crippen molar-refractivity contribution in [2.45, 2.75) is 19.0 Å². The van der Waals surface area contributed by atoms with Crippen LogP contribution in [0.1, 0.15) is 15.9 Å². The van der Waals surface area contributed by atoms with Gasteiger partial charge in [-0.25, -0.2) is 13.6 Å². The molecule has 0 bridgehead atoms. The van der Waals surface area contributed by atoms with Crippen LogP contribution in [0.5, 0.6) is 5.75 Å². The van der Waals surface area contributed by atoms with Crippen molar-refractivity contribution >= 4 is 17.6 Å². The van der Waals surface area contributed by atoms with E-state index in [4.69, 9.17) is 16.3 Å². The molecule has 0 saturated heterocycles. The van der Waals surface area contributed by atoms with Crippen molar-refractivity contribution < 1.29 is 31.8 Å². The first-order chi connectivity index (χ1) is 11.8. The number of halogens is 5. The SMILES string of the molecule is O=C(Oc1ccccc1Cl)c1cccc(COCC(F)(F)C(F)F)c1. The van der Waals surface area contributed by atoms with Crippen LogP contribution in [0.4, 0.5) is 17.6 Å². The average molecular weight is 377 g/mol. The largest absolute Gasteiger partial charge is 0.421 e. The molecule has 0 amide bonds. The summed E-state index contributed by atoms with van der Waals surface area (Å²) in [7, 11) is 0. The predicted molar refractivity (Wildman–Crippen MR) is 83.5 cm³/mol. The fourth-order valence-corrected chi connectivity index (χ4v) is 2.02. The van der Waals surface area contributed by atoms with Crippen LogP contribution in [0.3, 0.4) is 0 Å². The van der Waals surface area contributed by atoms with Crippen LogP contribution in [-0.2, 0) is 11.3 Å². The minimum absolute atomic E-state index is 0.140. The molecule has 3 nitrogen and oxygen atoms in total. The molecule has 134 valence electrons. The van der Waals surface area contributed by atoms with E-state index in [1.54, 1.807) is 18.2 Å². The maximum atomic E-state index is 12.8. The fraction of sp³-hybridized carbons (Fsp3) is 0.235. The summed E-state index contributed by atoms with van der Waals surface area (Å²) in [5, 5.41) is 0.254. The molecule has 25 heavy (non-hydrogen) atoms. The first kappa shape index (κ1) is 19.2. The second-order valence-corrected chi connectivity index (χ2v) is 5.48. The normalized spacial score (nSPS) is 11.6. The predicted octanol–water partition coefficient (Wildman–Crippen LogP) is 4.98. The van der Waals surface area contributed by atoms with Crippen molar-refractivity contribution in [1.29, 1.82) is 0 Å². The third-order valence-corrected chi connectivity index (χ3v) is 3.40. The summed E-state index contributed by atoms with van der Waals surface area (Å²) in [6.45, 7) is -1.77. The lowest BCUT2D eigenvalue weighted by molar-refractivity contribution is -0.168. The molecule has 0 aliphatic rings. The van der Waals surface area contributed by atoms with Gasteiger partial charge in [0.2, 0.25) is 0 Å². The molecule has 2 aromatic rings. The number of alkyl halides is 4. The number of carbonyl (C=O) groups excluding carboxylic acids is 1. The molecule has 2 rings (SSSR count). The Morgan fingerprint density at radius 2 is 1.84 bits per heavy atom. The second-order valence-electron chi connectivity index (χ2n) is 5.07. The third kappa shape index (κ3) is 5.44. The molecule has 0 aromatic heterocycles. The zero-order chi connectivity index (χ0) is 18.4. The zero-order valence-electron chi connectivity index (χ0n) is 12.7. The highest BCUT2D eigenvalue weighted by Crippen LogP contribution is 2.25. The smallest absolute Gasteiger partial charge is 0.343 e. The van der Waals surface area contributed by atoms with Crippen LogP contribution in [0, 0.1) is 0 Å². The molecule has 0 heterocycles. The van der Waals surface area contributed by atoms with E-state index < -0.39 is 24.9 Å². The van der Waals surface area contributed by atoms with Gasteiger partial charge >= 0.3 is 18.3 Å². The van der Waals surface area contributed by atoms with Crippen LogP contribution in [-0.4, -0.2) is 24.9 Å². The lowest BCUT2D eigenvalue weighted by Crippen LogP contribution is -2.32. The summed E-state index contributed by atoms with van der Waals surface area (Å²) in [4.78, 5) is 12.1. The summed E-state index contributed by atoms with van der Waals surface area (Å²) >= 11 is 5.89. The maximum absolute atomic E-state index is 12.8. The first-order valence-corrected chi connectivity index (χ1v) is 7.47. The van der Waals surface area contributed by atoms with Crippen LogP contribution < -0.4 is 4.74 Å². The van der Waals surface area contributed by atoms with Crippen LogP contribution in [0.25, 0.3) is 0 Å². The number of carbonyl (C=O) groups is 1. The molecular weight excluding hydrogens is 364 g/mol. The zero-order valence-corrected chi connectivity index (χ0v) is 13.5. The van der Waals surface area contributed by atoms with Gasteiger partial charge in [-0.2, -0.15) is 8.78 Å². The van der Waals surface area contributed by atoms with Crippen molar-refractivity contribution in [3.63, 3.8) is 0 Å². The van der Waals surface area contributed by atoms with Crippen molar-refractivity contribution in [3.8, 4) is 5.75 Å². The maximum Gasteiger partial charge on any atom is 0.343 e. The monoisotopic (exact) mass is 376 g/mol. The molecule has 0 spiro atoms. The number of esters is 1. The Morgan fingerprint density at radius 1 is 1.12 bits per heavy atom. The Bertz CT molecular complexity index is 737. The van der Waals surface area contributed by atoms with E-state index in [-0.39, 0.29) is 22.9 Å². The molecule has 0 atom stereocenters. The van der Waals surface area contributed by atoms with Crippen molar-refractivity contribution in [3.05, 3.63) is 64.7 Å². The third-order valence-electron chi connectivity index (χ3n) is 3.08. The molecule has 0 N–H and O–H groups in total. The molecule has 8 heteroatoms. The van der Waals surface area contributed by atoms with Gasteiger partial charge in [0.1, 0.15) is 12.4 Å². The highest BCUT2D eigenvalue weighted by Gasteiger charge is 2.40. The Labute approximate surface area is 146 Å². The summed E-state index contributed by atoms with van der Waals surface area (Å²) in [5.74, 6) is -4.75. The van der Waals surface area contributed by atoms with E-state index in [1.165, 1.54) is 30.3 Å². The molecule has 0 radical (unpaired) electrons. The molecule has 0 aliphatic heterocycles. The van der Waals surface area contributed by atoms with Crippen LogP contribution in [0.2, 0.25) is 5.02 Å². The van der Waals surface area contributed by atoms with Gasteiger partial charge in [-0.3, -0.25) is 0 Å². The lowest BCUT2D eigenvalue weighted by atomic mass is 10.1. The van der Waals surface area contributed by atoms with Gasteiger partial charge in [0.05, 0.1) is 17.2 Å². The number of para-hydroxylation sites is 1. The van der Waals surface area contributed by atoms with Gasteiger partial charge < -0.3 is 9.47 Å². The lowest BCUT2D eigenvalue weighted by Gasteiger charge is -2.15. The van der Waals surface area contributed by atoms with Gasteiger partial charge in [0, 0.05) is 0 Å². The number of ether oxygens (including phenoxy) is 2. The molecule has 0 fully saturated rings. The Hall–Kier alpha value is -2.12. The number of hydrogen-bond donors (Lipinski definition) is 0. The molecule has 0 aliphatic carbocycles. The quantitative estimate of drug-likeness (QED) is 0.388.